The van der Waals surface area contributed by atoms with Crippen molar-refractivity contribution in [1.82, 2.24) is 4.90 Å². The van der Waals surface area contributed by atoms with Crippen molar-refractivity contribution in [3.63, 3.8) is 0 Å². The van der Waals surface area contributed by atoms with Crippen molar-refractivity contribution >= 4 is 22.9 Å². The normalized spacial score (nSPS) is 18.1. The van der Waals surface area contributed by atoms with Crippen LogP contribution in [0, 0.1) is 6.92 Å². The maximum Gasteiger partial charge on any atom is 0.406 e. The van der Waals surface area contributed by atoms with Gasteiger partial charge in [-0.15, -0.1) is 11.3 Å². The molecule has 1 N–H and O–H groups in total. The van der Waals surface area contributed by atoms with Gasteiger partial charge in [0.1, 0.15) is 12.7 Å². The summed E-state index contributed by atoms with van der Waals surface area (Å²) in [5, 5.41) is 4.87. The number of rotatable bonds is 2. The Hall–Kier alpha value is -2.02. The number of halogens is 3. The molecule has 0 fully saturated rings. The number of anilines is 1. The quantitative estimate of drug-likeness (QED) is 0.898. The molecule has 7 heteroatoms. The van der Waals surface area contributed by atoms with Crippen LogP contribution in [-0.2, 0) is 0 Å². The smallest absolute Gasteiger partial charge is 0.360 e. The number of hydrogen-bond donors (Lipinski definition) is 1. The molecule has 0 saturated carbocycles. The Kier molecular flexibility index (Phi) is 3.60. The molecule has 2 heterocycles. The van der Waals surface area contributed by atoms with Gasteiger partial charge in [0.2, 0.25) is 0 Å². The fourth-order valence-corrected chi connectivity index (χ4v) is 3.51. The number of carbonyl (C=O) groups excluding carboxylic acids is 1. The molecule has 2 aromatic rings. The Balaban J connectivity index is 2.06. The van der Waals surface area contributed by atoms with Crippen molar-refractivity contribution < 1.29 is 18.0 Å². The van der Waals surface area contributed by atoms with Gasteiger partial charge in [-0.25, -0.2) is 0 Å². The molecular weight excluding hydrogens is 313 g/mol. The van der Waals surface area contributed by atoms with E-state index in [9.17, 15) is 18.0 Å². The summed E-state index contributed by atoms with van der Waals surface area (Å²) < 4.78 is 38.7. The van der Waals surface area contributed by atoms with Gasteiger partial charge in [-0.05, 0) is 36.1 Å². The second-order valence-electron chi connectivity index (χ2n) is 5.11. The third-order valence-corrected chi connectivity index (χ3v) is 4.59. The number of aryl methyl sites for hydroxylation is 1. The van der Waals surface area contributed by atoms with Crippen LogP contribution in [0.5, 0.6) is 0 Å². The molecule has 1 atom stereocenters. The van der Waals surface area contributed by atoms with Crippen LogP contribution < -0.4 is 5.32 Å². The molecule has 1 aromatic heterocycles. The van der Waals surface area contributed by atoms with E-state index in [1.165, 1.54) is 17.4 Å². The lowest BCUT2D eigenvalue weighted by atomic mass is 10.1. The Bertz CT molecular complexity index is 711. The van der Waals surface area contributed by atoms with Gasteiger partial charge in [0, 0.05) is 5.69 Å². The third-order valence-electron chi connectivity index (χ3n) is 3.52. The number of fused-ring (bicyclic) bond motifs is 1. The summed E-state index contributed by atoms with van der Waals surface area (Å²) in [5.41, 5.74) is 1.68. The maximum atomic E-state index is 12.9. The highest BCUT2D eigenvalue weighted by molar-refractivity contribution is 7.10. The van der Waals surface area contributed by atoms with Crippen molar-refractivity contribution in [2.45, 2.75) is 19.3 Å². The highest BCUT2D eigenvalue weighted by Crippen LogP contribution is 2.37. The van der Waals surface area contributed by atoms with E-state index in [0.717, 1.165) is 10.5 Å². The maximum absolute atomic E-state index is 12.9. The van der Waals surface area contributed by atoms with Gasteiger partial charge in [-0.2, -0.15) is 13.2 Å². The van der Waals surface area contributed by atoms with Gasteiger partial charge >= 0.3 is 6.18 Å². The first-order valence-corrected chi connectivity index (χ1v) is 7.52. The van der Waals surface area contributed by atoms with Crippen LogP contribution in [-0.4, -0.2) is 23.5 Å². The van der Waals surface area contributed by atoms with Crippen LogP contribution in [0.4, 0.5) is 18.9 Å². The Morgan fingerprint density at radius 1 is 1.27 bits per heavy atom. The predicted molar refractivity (Wildman–Crippen MR) is 79.0 cm³/mol. The average Bonchev–Trinajstić information content (AvgIpc) is 2.87. The van der Waals surface area contributed by atoms with Crippen molar-refractivity contribution in [2.24, 2.45) is 0 Å². The molecule has 0 saturated heterocycles. The van der Waals surface area contributed by atoms with Gasteiger partial charge in [-0.3, -0.25) is 4.79 Å². The van der Waals surface area contributed by atoms with Crippen molar-refractivity contribution in [3.8, 4) is 0 Å². The van der Waals surface area contributed by atoms with E-state index in [0.29, 0.717) is 10.6 Å². The molecule has 1 aromatic carbocycles. The molecule has 0 spiro atoms. The topological polar surface area (TPSA) is 32.3 Å². The number of nitrogens with zero attached hydrogens (tertiary/aromatic N) is 1. The lowest BCUT2D eigenvalue weighted by Gasteiger charge is -2.38. The van der Waals surface area contributed by atoms with E-state index in [2.05, 4.69) is 5.32 Å². The minimum absolute atomic E-state index is 0.261. The van der Waals surface area contributed by atoms with Crippen LogP contribution in [0.2, 0.25) is 0 Å². The fraction of sp³-hybridized carbons (Fsp3) is 0.267. The lowest BCUT2D eigenvalue weighted by molar-refractivity contribution is -0.144. The summed E-state index contributed by atoms with van der Waals surface area (Å²) in [5.74, 6) is -0.607. The Morgan fingerprint density at radius 3 is 2.64 bits per heavy atom. The summed E-state index contributed by atoms with van der Waals surface area (Å²) in [7, 11) is 0. The summed E-state index contributed by atoms with van der Waals surface area (Å²) in [4.78, 5) is 14.1. The monoisotopic (exact) mass is 326 g/mol. The second kappa shape index (κ2) is 5.31. The Labute approximate surface area is 129 Å². The van der Waals surface area contributed by atoms with E-state index >= 15 is 0 Å². The van der Waals surface area contributed by atoms with Gasteiger partial charge in [0.05, 0.1) is 10.4 Å². The van der Waals surface area contributed by atoms with Gasteiger partial charge in [0.25, 0.3) is 5.91 Å². The highest BCUT2D eigenvalue weighted by Gasteiger charge is 2.41. The predicted octanol–water partition coefficient (Wildman–Crippen LogP) is 4.19. The molecule has 1 aliphatic rings. The summed E-state index contributed by atoms with van der Waals surface area (Å²) in [6, 6.07) is 8.45. The molecule has 0 radical (unpaired) electrons. The molecule has 22 heavy (non-hydrogen) atoms. The van der Waals surface area contributed by atoms with E-state index in [1.807, 2.05) is 18.4 Å². The number of amides is 1. The zero-order chi connectivity index (χ0) is 15.9. The number of nitrogens with one attached hydrogen (secondary N) is 1. The van der Waals surface area contributed by atoms with E-state index in [-0.39, 0.29) is 5.56 Å². The molecular formula is C15H13F3N2OS. The number of alkyl halides is 3. The number of hydrogen-bond acceptors (Lipinski definition) is 3. The highest BCUT2D eigenvalue weighted by atomic mass is 32.1. The van der Waals surface area contributed by atoms with Crippen LogP contribution >= 0.6 is 11.3 Å². The van der Waals surface area contributed by atoms with Crippen LogP contribution in [0.25, 0.3) is 0 Å². The zero-order valence-corrected chi connectivity index (χ0v) is 12.5. The molecule has 3 nitrogen and oxygen atoms in total. The standard InChI is InChI=1S/C15H13F3N2OS/c1-9-6-7-22-12(9)13-19-11-5-3-2-4-10(11)14(21)20(13)8-15(16,17)18/h2-7,13,19H,8H2,1H3/t13-/m1/s1. The Morgan fingerprint density at radius 2 is 2.00 bits per heavy atom. The molecule has 0 unspecified atom stereocenters. The largest absolute Gasteiger partial charge is 0.406 e. The SMILES string of the molecule is Cc1ccsc1[C@@H]1Nc2ccccc2C(=O)N1CC(F)(F)F. The minimum Gasteiger partial charge on any atom is -0.360 e. The first-order valence-electron chi connectivity index (χ1n) is 6.64. The average molecular weight is 326 g/mol. The number of para-hydroxylation sites is 1. The number of thiophene rings is 1. The van der Waals surface area contributed by atoms with Crippen LogP contribution in [0.15, 0.2) is 35.7 Å². The van der Waals surface area contributed by atoms with Gasteiger partial charge in [0.15, 0.2) is 0 Å². The van der Waals surface area contributed by atoms with Crippen LogP contribution in [0.3, 0.4) is 0 Å². The van der Waals surface area contributed by atoms with Crippen LogP contribution in [0.1, 0.15) is 27.0 Å². The zero-order valence-electron chi connectivity index (χ0n) is 11.6. The first kappa shape index (κ1) is 14.9. The summed E-state index contributed by atoms with van der Waals surface area (Å²) in [6.07, 6.45) is -5.25. The number of carbonyl (C=O) groups is 1. The fourth-order valence-electron chi connectivity index (χ4n) is 2.52. The van der Waals surface area contributed by atoms with Crippen molar-refractivity contribution in [2.75, 3.05) is 11.9 Å². The molecule has 3 rings (SSSR count). The second-order valence-corrected chi connectivity index (χ2v) is 6.06. The molecule has 0 bridgehead atoms. The van der Waals surface area contributed by atoms with Gasteiger partial charge < -0.3 is 10.2 Å². The van der Waals surface area contributed by atoms with E-state index in [4.69, 9.17) is 0 Å². The van der Waals surface area contributed by atoms with Crippen molar-refractivity contribution in [3.05, 3.63) is 51.7 Å². The molecule has 1 aliphatic heterocycles. The molecule has 116 valence electrons. The van der Waals surface area contributed by atoms with E-state index in [1.54, 1.807) is 18.2 Å². The van der Waals surface area contributed by atoms with E-state index < -0.39 is 24.8 Å². The molecule has 0 aliphatic carbocycles. The lowest BCUT2D eigenvalue weighted by Crippen LogP contribution is -2.47. The summed E-state index contributed by atoms with van der Waals surface area (Å²) in [6.45, 7) is 0.541. The van der Waals surface area contributed by atoms with Gasteiger partial charge in [-0.1, -0.05) is 12.1 Å². The number of benzene rings is 1. The van der Waals surface area contributed by atoms with Crippen molar-refractivity contribution in [1.29, 1.82) is 0 Å². The molecule has 1 amide bonds. The summed E-state index contributed by atoms with van der Waals surface area (Å²) >= 11 is 1.34. The minimum atomic E-state index is -4.45. The first-order chi connectivity index (χ1) is 10.4. The third kappa shape index (κ3) is 2.68.